The highest BCUT2D eigenvalue weighted by Gasteiger charge is 2.31. The quantitative estimate of drug-likeness (QED) is 0.873. The van der Waals surface area contributed by atoms with Crippen molar-refractivity contribution in [3.63, 3.8) is 0 Å². The third-order valence-corrected chi connectivity index (χ3v) is 5.41. The minimum absolute atomic E-state index is 0.283. The molecule has 1 aromatic rings. The molecule has 3 unspecified atom stereocenters. The molecule has 0 spiro atoms. The summed E-state index contributed by atoms with van der Waals surface area (Å²) in [7, 11) is 1.11. The van der Waals surface area contributed by atoms with Gasteiger partial charge in [0.25, 0.3) is 0 Å². The first kappa shape index (κ1) is 11.8. The average molecular weight is 237 g/mol. The third kappa shape index (κ3) is 2.20. The van der Waals surface area contributed by atoms with E-state index in [2.05, 4.69) is 5.32 Å². The minimum atomic E-state index is -0.863. The molecule has 2 nitrogen and oxygen atoms in total. The van der Waals surface area contributed by atoms with Crippen molar-refractivity contribution in [2.45, 2.75) is 42.4 Å². The maximum Gasteiger partial charge on any atom is 0.0579 e. The molecule has 1 fully saturated rings. The lowest BCUT2D eigenvalue weighted by molar-refractivity contribution is 0.576. The third-order valence-electron chi connectivity index (χ3n) is 3.41. The molecule has 2 rings (SSSR count). The fraction of sp³-hybridized carbons (Fsp3) is 0.538. The van der Waals surface area contributed by atoms with Crippen molar-refractivity contribution in [2.24, 2.45) is 0 Å². The highest BCUT2D eigenvalue weighted by atomic mass is 32.2. The number of benzene rings is 1. The van der Waals surface area contributed by atoms with Gasteiger partial charge in [0.15, 0.2) is 0 Å². The van der Waals surface area contributed by atoms with Crippen molar-refractivity contribution in [3.05, 3.63) is 29.8 Å². The molecule has 1 aromatic carbocycles. The van der Waals surface area contributed by atoms with Gasteiger partial charge >= 0.3 is 0 Å². The summed E-state index contributed by atoms with van der Waals surface area (Å²) in [5.41, 5.74) is 1.14. The number of hydrogen-bond acceptors (Lipinski definition) is 2. The summed E-state index contributed by atoms with van der Waals surface area (Å²) in [4.78, 5) is 1.01. The smallest absolute Gasteiger partial charge is 0.0579 e. The highest BCUT2D eigenvalue weighted by Crippen LogP contribution is 2.28. The van der Waals surface area contributed by atoms with Crippen LogP contribution in [0.1, 0.15) is 24.8 Å². The molecule has 16 heavy (non-hydrogen) atoms. The summed E-state index contributed by atoms with van der Waals surface area (Å²) in [5, 5.41) is 3.57. The molecule has 0 aromatic heterocycles. The molecular weight excluding hydrogens is 218 g/mol. The molecule has 3 atom stereocenters. The summed E-state index contributed by atoms with van der Waals surface area (Å²) < 4.78 is 12.5. The summed E-state index contributed by atoms with van der Waals surface area (Å²) in [6, 6.07) is 8.43. The van der Waals surface area contributed by atoms with Gasteiger partial charge in [-0.3, -0.25) is 4.21 Å². The zero-order valence-electron chi connectivity index (χ0n) is 9.90. The van der Waals surface area contributed by atoms with E-state index in [0.717, 1.165) is 23.3 Å². The molecule has 0 bridgehead atoms. The van der Waals surface area contributed by atoms with Crippen molar-refractivity contribution < 1.29 is 4.21 Å². The Labute approximate surface area is 99.9 Å². The van der Waals surface area contributed by atoms with Crippen LogP contribution in [-0.4, -0.2) is 22.5 Å². The average Bonchev–Trinajstić information content (AvgIpc) is 2.77. The van der Waals surface area contributed by atoms with Crippen LogP contribution in [0.3, 0.4) is 0 Å². The van der Waals surface area contributed by atoms with Crippen LogP contribution in [-0.2, 0) is 10.8 Å². The van der Waals surface area contributed by atoms with E-state index in [-0.39, 0.29) is 5.25 Å². The maximum absolute atomic E-state index is 12.5. The molecule has 1 aliphatic carbocycles. The zero-order chi connectivity index (χ0) is 11.5. The van der Waals surface area contributed by atoms with E-state index in [9.17, 15) is 4.21 Å². The van der Waals surface area contributed by atoms with E-state index in [1.807, 2.05) is 38.2 Å². The molecule has 0 saturated heterocycles. The maximum atomic E-state index is 12.5. The van der Waals surface area contributed by atoms with Crippen LogP contribution < -0.4 is 5.32 Å². The highest BCUT2D eigenvalue weighted by molar-refractivity contribution is 7.85. The molecule has 1 aliphatic rings. The lowest BCUT2D eigenvalue weighted by Crippen LogP contribution is -2.35. The largest absolute Gasteiger partial charge is 0.316 e. The SMILES string of the molecule is CNC1CCCC1S(=O)c1ccccc1C. The van der Waals surface area contributed by atoms with Crippen LogP contribution in [0.25, 0.3) is 0 Å². The second-order valence-corrected chi connectivity index (χ2v) is 6.07. The van der Waals surface area contributed by atoms with E-state index < -0.39 is 10.8 Å². The van der Waals surface area contributed by atoms with Crippen molar-refractivity contribution in [1.82, 2.24) is 5.32 Å². The summed E-state index contributed by atoms with van der Waals surface area (Å²) >= 11 is 0. The Morgan fingerprint density at radius 2 is 2.06 bits per heavy atom. The van der Waals surface area contributed by atoms with Crippen molar-refractivity contribution in [3.8, 4) is 0 Å². The van der Waals surface area contributed by atoms with Crippen LogP contribution in [0.15, 0.2) is 29.2 Å². The van der Waals surface area contributed by atoms with Crippen molar-refractivity contribution in [1.29, 1.82) is 0 Å². The second kappa shape index (κ2) is 5.11. The van der Waals surface area contributed by atoms with Gasteiger partial charge in [-0.1, -0.05) is 24.6 Å². The fourth-order valence-corrected chi connectivity index (χ4v) is 4.33. The van der Waals surface area contributed by atoms with Gasteiger partial charge in [0, 0.05) is 10.9 Å². The van der Waals surface area contributed by atoms with E-state index >= 15 is 0 Å². The van der Waals surface area contributed by atoms with Crippen LogP contribution in [0.5, 0.6) is 0 Å². The first-order chi connectivity index (χ1) is 7.74. The first-order valence-corrected chi connectivity index (χ1v) is 7.09. The number of rotatable bonds is 3. The first-order valence-electron chi connectivity index (χ1n) is 5.87. The second-order valence-electron chi connectivity index (χ2n) is 4.43. The predicted octanol–water partition coefficient (Wildman–Crippen LogP) is 2.24. The van der Waals surface area contributed by atoms with Gasteiger partial charge in [-0.05, 0) is 38.4 Å². The molecule has 1 saturated carbocycles. The standard InChI is InChI=1S/C13H19NOS/c1-10-6-3-4-8-12(10)16(15)13-9-5-7-11(13)14-2/h3-4,6,8,11,13-14H,5,7,9H2,1-2H3. The zero-order valence-corrected chi connectivity index (χ0v) is 10.7. The Bertz CT molecular complexity index is 391. The van der Waals surface area contributed by atoms with Crippen molar-refractivity contribution >= 4 is 10.8 Å². The number of hydrogen-bond donors (Lipinski definition) is 1. The van der Waals surface area contributed by atoms with Crippen molar-refractivity contribution in [2.75, 3.05) is 7.05 Å². The summed E-state index contributed by atoms with van der Waals surface area (Å²) in [5.74, 6) is 0. The van der Waals surface area contributed by atoms with Crippen LogP contribution in [0.4, 0.5) is 0 Å². The van der Waals surface area contributed by atoms with E-state index in [1.54, 1.807) is 0 Å². The van der Waals surface area contributed by atoms with Gasteiger partial charge in [0.1, 0.15) is 0 Å². The Hall–Kier alpha value is -0.670. The molecule has 1 N–H and O–H groups in total. The molecule has 0 aliphatic heterocycles. The molecule has 0 heterocycles. The lowest BCUT2D eigenvalue weighted by atomic mass is 10.2. The van der Waals surface area contributed by atoms with Crippen LogP contribution >= 0.6 is 0 Å². The Kier molecular flexibility index (Phi) is 3.77. The van der Waals surface area contributed by atoms with Gasteiger partial charge in [0.2, 0.25) is 0 Å². The molecule has 0 amide bonds. The van der Waals surface area contributed by atoms with Gasteiger partial charge in [-0.25, -0.2) is 0 Å². The van der Waals surface area contributed by atoms with Gasteiger partial charge in [0.05, 0.1) is 16.0 Å². The van der Waals surface area contributed by atoms with Gasteiger partial charge in [-0.15, -0.1) is 0 Å². The Morgan fingerprint density at radius 1 is 1.31 bits per heavy atom. The molecule has 88 valence electrons. The van der Waals surface area contributed by atoms with E-state index in [1.165, 1.54) is 6.42 Å². The fourth-order valence-electron chi connectivity index (χ4n) is 2.46. The van der Waals surface area contributed by atoms with Gasteiger partial charge < -0.3 is 5.32 Å². The monoisotopic (exact) mass is 237 g/mol. The molecule has 0 radical (unpaired) electrons. The Balaban J connectivity index is 2.22. The topological polar surface area (TPSA) is 29.1 Å². The number of nitrogens with one attached hydrogen (secondary N) is 1. The lowest BCUT2D eigenvalue weighted by Gasteiger charge is -2.19. The number of aryl methyl sites for hydroxylation is 1. The minimum Gasteiger partial charge on any atom is -0.316 e. The summed E-state index contributed by atoms with van der Waals surface area (Å²) in [6.45, 7) is 2.04. The van der Waals surface area contributed by atoms with Crippen LogP contribution in [0.2, 0.25) is 0 Å². The van der Waals surface area contributed by atoms with Crippen LogP contribution in [0, 0.1) is 6.92 Å². The van der Waals surface area contributed by atoms with E-state index in [4.69, 9.17) is 0 Å². The Morgan fingerprint density at radius 3 is 2.75 bits per heavy atom. The summed E-state index contributed by atoms with van der Waals surface area (Å²) in [6.07, 6.45) is 3.42. The molecular formula is C13H19NOS. The molecule has 3 heteroatoms. The predicted molar refractivity (Wildman–Crippen MR) is 68.1 cm³/mol. The normalized spacial score (nSPS) is 26.9. The van der Waals surface area contributed by atoms with Gasteiger partial charge in [-0.2, -0.15) is 0 Å². The van der Waals surface area contributed by atoms with E-state index in [0.29, 0.717) is 6.04 Å².